The van der Waals surface area contributed by atoms with Crippen LogP contribution in [0.3, 0.4) is 0 Å². The Balaban J connectivity index is 0.000000130. The molecule has 4 fully saturated rings. The minimum Gasteiger partial charge on any atom is -0.381 e. The van der Waals surface area contributed by atoms with Gasteiger partial charge in [-0.15, -0.1) is 0 Å². The molecule has 9 N–H and O–H groups in total. The second-order valence-corrected chi connectivity index (χ2v) is 30.5. The van der Waals surface area contributed by atoms with E-state index in [2.05, 4.69) is 143 Å². The number of carbonyl (C=O) groups excluding carboxylic acids is 8. The topological polar surface area (TPSA) is 369 Å². The molecule has 4 aromatic heterocycles. The van der Waals surface area contributed by atoms with Gasteiger partial charge in [-0.3, -0.25) is 38.4 Å². The number of likely N-dealkylation sites (tertiary alicyclic amines) is 1. The summed E-state index contributed by atoms with van der Waals surface area (Å²) in [5.74, 6) is -1.52. The second-order valence-electron chi connectivity index (χ2n) is 30.5. The molecule has 8 aliphatic rings. The standard InChI is InChI=1S/C22H26N4O2.C21H25N5O2.C21H24N4O3.C20H22N4O3/c1-22(9-5-2-6-10-22)21(28)26-19-18(23-11-12-24-19)20(27)25-17-13-15-7-3-4-8-16(15)14-17;1-26-10-6-14(7-11-26)20(27)25-19-18(22-8-9-23-19)21(28)24-17-12-15-4-2-3-5-16(15)13-17;26-19(24-16-12-14-6-2-3-7-15(14)13-16)17-18(23-11-10-22-17)25-20(27)21(28)8-4-1-5-9-21;25-19(13-5-9-27-10-6-13)24-18-17(21-7-8-22-18)20(26)23-16-11-14-3-1-2-4-15(14)12-16/h3-4,7-8,11-12,17H,2,5-6,9-10,13-14H2,1H3,(H,25,27)(H,24,26,28);2-5,8-9,14,17H,6-7,10-13H2,1H3,(H,24,28)(H,23,25,27);2-3,6-7,10-11,16,28H,1,4-5,8-9,12-13H2,(H,24,26)(H,23,25,27);1-4,7-8,13,16H,5-6,9-12H2,(H,23,26)(H,22,24,25). The number of benzene rings is 4. The number of anilines is 4. The van der Waals surface area contributed by atoms with Crippen LogP contribution in [0.1, 0.15) is 183 Å². The predicted octanol–water partition coefficient (Wildman–Crippen LogP) is 8.68. The maximum Gasteiger partial charge on any atom is 0.273 e. The van der Waals surface area contributed by atoms with Gasteiger partial charge in [-0.2, -0.15) is 0 Å². The minimum atomic E-state index is -1.41. The molecule has 2 saturated heterocycles. The molecule has 8 aromatic rings. The van der Waals surface area contributed by atoms with E-state index in [9.17, 15) is 43.5 Å². The van der Waals surface area contributed by atoms with E-state index in [4.69, 9.17) is 4.74 Å². The van der Waals surface area contributed by atoms with Crippen molar-refractivity contribution in [2.24, 2.45) is 17.3 Å². The normalized spacial score (nSPS) is 18.0. The van der Waals surface area contributed by atoms with Crippen molar-refractivity contribution < 1.29 is 48.2 Å². The average Bonchev–Trinajstić information content (AvgIpc) is 1.74. The van der Waals surface area contributed by atoms with Gasteiger partial charge in [0.05, 0.1) is 0 Å². The summed E-state index contributed by atoms with van der Waals surface area (Å²) < 4.78 is 5.29. The summed E-state index contributed by atoms with van der Waals surface area (Å²) in [4.78, 5) is 137. The van der Waals surface area contributed by atoms with Gasteiger partial charge in [0.1, 0.15) is 5.60 Å². The lowest BCUT2D eigenvalue weighted by Crippen LogP contribution is -2.45. The Morgan fingerprint density at radius 1 is 0.369 bits per heavy atom. The van der Waals surface area contributed by atoms with Crippen LogP contribution in [0.15, 0.2) is 147 Å². The van der Waals surface area contributed by atoms with Crippen molar-refractivity contribution in [3.8, 4) is 0 Å². The molecule has 0 atom stereocenters. The monoisotopic (exact) mass is 1500 g/mol. The van der Waals surface area contributed by atoms with Crippen LogP contribution in [0, 0.1) is 17.3 Å². The van der Waals surface area contributed by atoms with Gasteiger partial charge in [-0.25, -0.2) is 39.9 Å². The number of amides is 8. The van der Waals surface area contributed by atoms with Crippen molar-refractivity contribution in [3.63, 3.8) is 0 Å². The van der Waals surface area contributed by atoms with Crippen LogP contribution in [-0.4, -0.2) is 160 Å². The summed E-state index contributed by atoms with van der Waals surface area (Å²) in [6, 6.07) is 32.9. The van der Waals surface area contributed by atoms with E-state index < -0.39 is 16.9 Å². The van der Waals surface area contributed by atoms with Crippen LogP contribution in [0.5, 0.6) is 0 Å². The smallest absolute Gasteiger partial charge is 0.273 e. The number of nitrogens with one attached hydrogen (secondary N) is 8. The highest BCUT2D eigenvalue weighted by Crippen LogP contribution is 2.38. The van der Waals surface area contributed by atoms with E-state index in [0.717, 1.165) is 122 Å². The van der Waals surface area contributed by atoms with Crippen LogP contribution in [0.4, 0.5) is 23.3 Å². The zero-order valence-electron chi connectivity index (χ0n) is 62.9. The molecule has 0 radical (unpaired) electrons. The lowest BCUT2D eigenvalue weighted by atomic mass is 9.75. The van der Waals surface area contributed by atoms with E-state index in [1.54, 1.807) is 0 Å². The van der Waals surface area contributed by atoms with Gasteiger partial charge in [0.25, 0.3) is 29.5 Å². The summed E-state index contributed by atoms with van der Waals surface area (Å²) in [7, 11) is 2.06. The quantitative estimate of drug-likeness (QED) is 0.0436. The molecule has 0 spiro atoms. The highest BCUT2D eigenvalue weighted by Gasteiger charge is 2.40. The van der Waals surface area contributed by atoms with Crippen LogP contribution >= 0.6 is 0 Å². The number of hydrogen-bond donors (Lipinski definition) is 9. The van der Waals surface area contributed by atoms with Crippen LogP contribution < -0.4 is 42.5 Å². The Kier molecular flexibility index (Phi) is 25.7. The molecule has 27 heteroatoms. The molecular weight excluding hydrogens is 1410 g/mol. The lowest BCUT2D eigenvalue weighted by molar-refractivity contribution is -0.137. The van der Waals surface area contributed by atoms with E-state index in [1.165, 1.54) is 101 Å². The van der Waals surface area contributed by atoms with Crippen LogP contribution in [0.2, 0.25) is 0 Å². The molecule has 6 aliphatic carbocycles. The zero-order valence-corrected chi connectivity index (χ0v) is 62.9. The molecule has 578 valence electrons. The molecular formula is C84H97N17O10. The number of carbonyl (C=O) groups is 8. The average molecular weight is 1500 g/mol. The van der Waals surface area contributed by atoms with Crippen molar-refractivity contribution >= 4 is 70.5 Å². The van der Waals surface area contributed by atoms with Crippen molar-refractivity contribution in [2.75, 3.05) is 54.6 Å². The van der Waals surface area contributed by atoms with Gasteiger partial charge >= 0.3 is 0 Å². The van der Waals surface area contributed by atoms with Gasteiger partial charge in [0.2, 0.25) is 17.7 Å². The third kappa shape index (κ3) is 20.1. The summed E-state index contributed by atoms with van der Waals surface area (Å²) in [5, 5.41) is 33.8. The molecule has 4 aromatic carbocycles. The molecule has 2 saturated carbocycles. The van der Waals surface area contributed by atoms with Crippen LogP contribution in [-0.2, 0) is 75.3 Å². The van der Waals surface area contributed by atoms with E-state index in [-0.39, 0.29) is 123 Å². The minimum absolute atomic E-state index is 0.0158. The number of aromatic nitrogens is 8. The Morgan fingerprint density at radius 3 is 0.955 bits per heavy atom. The molecule has 111 heavy (non-hydrogen) atoms. The van der Waals surface area contributed by atoms with Crippen molar-refractivity contribution in [1.29, 1.82) is 0 Å². The van der Waals surface area contributed by atoms with Gasteiger partial charge in [-0.05, 0) is 167 Å². The Bertz CT molecular complexity index is 4420. The number of rotatable bonds is 16. The predicted molar refractivity (Wildman–Crippen MR) is 416 cm³/mol. The van der Waals surface area contributed by atoms with E-state index in [0.29, 0.717) is 38.9 Å². The van der Waals surface area contributed by atoms with Gasteiger partial charge < -0.3 is 57.3 Å². The Labute approximate surface area is 645 Å². The zero-order chi connectivity index (χ0) is 77.3. The van der Waals surface area contributed by atoms with Gasteiger partial charge in [0, 0.05) is 104 Å². The SMILES string of the molecule is CC1(C(=O)Nc2nccnc2C(=O)NC2Cc3ccccc3C2)CCCCC1.CN1CCC(C(=O)Nc2nccnc2C(=O)NC2Cc3ccccc3C2)CC1.O=C(NC1Cc2ccccc2C1)c1nccnc1NC(=O)C1(O)CCCCC1.O=C(NC1Cc2ccccc2C1)c1nccnc1NC(=O)C1CCOCC1. The summed E-state index contributed by atoms with van der Waals surface area (Å²) in [6.45, 7) is 4.94. The molecule has 16 rings (SSSR count). The molecule has 8 amide bonds. The van der Waals surface area contributed by atoms with Crippen molar-refractivity contribution in [2.45, 2.75) is 178 Å². The van der Waals surface area contributed by atoms with Crippen molar-refractivity contribution in [1.82, 2.24) is 66.0 Å². The van der Waals surface area contributed by atoms with Crippen molar-refractivity contribution in [3.05, 3.63) is 214 Å². The third-order valence-electron chi connectivity index (χ3n) is 22.4. The first-order chi connectivity index (χ1) is 53.9. The molecule has 0 bridgehead atoms. The fraction of sp³-hybridized carbons (Fsp3) is 0.429. The highest BCUT2D eigenvalue weighted by atomic mass is 16.5. The number of aliphatic hydroxyl groups is 1. The molecule has 0 unspecified atom stereocenters. The fourth-order valence-corrected chi connectivity index (χ4v) is 16.1. The number of nitrogens with zero attached hydrogens (tertiary/aromatic N) is 9. The van der Waals surface area contributed by atoms with Gasteiger partial charge in [0.15, 0.2) is 46.0 Å². The van der Waals surface area contributed by atoms with Crippen LogP contribution in [0.25, 0.3) is 0 Å². The summed E-state index contributed by atoms with van der Waals surface area (Å²) in [6.07, 6.45) is 29.5. The maximum atomic E-state index is 12.8. The first-order valence-electron chi connectivity index (χ1n) is 38.9. The number of hydrogen-bond acceptors (Lipinski definition) is 19. The van der Waals surface area contributed by atoms with E-state index >= 15 is 0 Å². The maximum absolute atomic E-state index is 12.8. The fourth-order valence-electron chi connectivity index (χ4n) is 16.1. The summed E-state index contributed by atoms with van der Waals surface area (Å²) >= 11 is 0. The van der Waals surface area contributed by atoms with E-state index in [1.807, 2.05) is 55.5 Å². The number of ether oxygens (including phenoxy) is 1. The lowest BCUT2D eigenvalue weighted by Gasteiger charge is -2.31. The molecule has 27 nitrogen and oxygen atoms in total. The largest absolute Gasteiger partial charge is 0.381 e. The second kappa shape index (κ2) is 36.6. The van der Waals surface area contributed by atoms with Gasteiger partial charge in [-0.1, -0.05) is 143 Å². The molecule has 6 heterocycles. The Hall–Kier alpha value is -11.2. The summed E-state index contributed by atoms with van der Waals surface area (Å²) in [5.41, 5.74) is 8.80. The highest BCUT2D eigenvalue weighted by molar-refractivity contribution is 6.05. The first kappa shape index (κ1) is 78.0. The third-order valence-corrected chi connectivity index (χ3v) is 22.4. The number of fused-ring (bicyclic) bond motifs is 4. The first-order valence-corrected chi connectivity index (χ1v) is 38.9. The molecule has 2 aliphatic heterocycles. The number of piperidine rings is 1. The Morgan fingerprint density at radius 2 is 0.640 bits per heavy atom.